The number of anilines is 1. The van der Waals surface area contributed by atoms with Crippen LogP contribution in [0.5, 0.6) is 0 Å². The predicted molar refractivity (Wildman–Crippen MR) is 131 cm³/mol. The number of carbonyl (C=O) groups excluding carboxylic acids is 1. The standard InChI is InChI=1S/C26H35N5O2/c1-17(2)13-21(20(5)33-6)26(32)30-11-8-7-9-23(30)22-14-24-27-25(19(4)16-31(24)28-22)29-12-10-18(3)15-29/h13-14,16,18,23H,1,5,7-12,15H2,2-4,6H3/b21-13+/t18-,23-/m0/s1. The maximum atomic E-state index is 13.6. The lowest BCUT2D eigenvalue weighted by Gasteiger charge is -2.35. The van der Waals surface area contributed by atoms with E-state index in [2.05, 4.69) is 38.1 Å². The fourth-order valence-corrected chi connectivity index (χ4v) is 4.88. The number of ether oxygens (including phenoxy) is 1. The molecular weight excluding hydrogens is 414 g/mol. The first-order valence-corrected chi connectivity index (χ1v) is 11.8. The van der Waals surface area contributed by atoms with Crippen LogP contribution in [0.25, 0.3) is 5.65 Å². The Labute approximate surface area is 196 Å². The average Bonchev–Trinajstić information content (AvgIpc) is 3.41. The van der Waals surface area contributed by atoms with Gasteiger partial charge in [-0.1, -0.05) is 25.7 Å². The molecule has 7 nitrogen and oxygen atoms in total. The number of aromatic nitrogens is 3. The molecule has 2 fully saturated rings. The van der Waals surface area contributed by atoms with E-state index in [-0.39, 0.29) is 11.9 Å². The molecule has 7 heteroatoms. The Morgan fingerprint density at radius 1 is 1.24 bits per heavy atom. The summed E-state index contributed by atoms with van der Waals surface area (Å²) in [5.41, 5.74) is 4.04. The van der Waals surface area contributed by atoms with E-state index in [0.717, 1.165) is 60.6 Å². The third-order valence-electron chi connectivity index (χ3n) is 6.62. The molecule has 176 valence electrons. The first-order chi connectivity index (χ1) is 15.8. The lowest BCUT2D eigenvalue weighted by atomic mass is 9.97. The number of hydrogen-bond donors (Lipinski definition) is 0. The monoisotopic (exact) mass is 449 g/mol. The normalized spacial score (nSPS) is 21.5. The molecule has 1 amide bonds. The number of rotatable bonds is 6. The van der Waals surface area contributed by atoms with Crippen molar-refractivity contribution in [1.82, 2.24) is 19.5 Å². The van der Waals surface area contributed by atoms with Gasteiger partial charge >= 0.3 is 0 Å². The van der Waals surface area contributed by atoms with Gasteiger partial charge in [-0.2, -0.15) is 5.10 Å². The molecule has 2 aliphatic rings. The second kappa shape index (κ2) is 9.41. The Kier molecular flexibility index (Phi) is 6.58. The Morgan fingerprint density at radius 3 is 2.70 bits per heavy atom. The number of piperidine rings is 1. The van der Waals surface area contributed by atoms with Crippen LogP contribution in [-0.4, -0.2) is 52.1 Å². The van der Waals surface area contributed by atoms with E-state index >= 15 is 0 Å². The van der Waals surface area contributed by atoms with Crippen molar-refractivity contribution >= 4 is 17.4 Å². The molecule has 2 aromatic heterocycles. The van der Waals surface area contributed by atoms with Crippen molar-refractivity contribution in [2.24, 2.45) is 5.92 Å². The second-order valence-electron chi connectivity index (χ2n) is 9.50. The molecule has 33 heavy (non-hydrogen) atoms. The molecular formula is C26H35N5O2. The zero-order chi connectivity index (χ0) is 23.7. The van der Waals surface area contributed by atoms with Crippen molar-refractivity contribution in [1.29, 1.82) is 0 Å². The van der Waals surface area contributed by atoms with Gasteiger partial charge in [-0.15, -0.1) is 0 Å². The molecule has 4 rings (SSSR count). The maximum absolute atomic E-state index is 13.6. The summed E-state index contributed by atoms with van der Waals surface area (Å²) >= 11 is 0. The Morgan fingerprint density at radius 2 is 2.03 bits per heavy atom. The first-order valence-electron chi connectivity index (χ1n) is 11.8. The molecule has 0 aliphatic carbocycles. The quantitative estimate of drug-likeness (QED) is 0.366. The third kappa shape index (κ3) is 4.68. The van der Waals surface area contributed by atoms with Gasteiger partial charge in [-0.3, -0.25) is 4.79 Å². The zero-order valence-electron chi connectivity index (χ0n) is 20.3. The van der Waals surface area contributed by atoms with E-state index in [1.165, 1.54) is 13.5 Å². The Hall–Kier alpha value is -3.09. The van der Waals surface area contributed by atoms with Crippen molar-refractivity contribution in [3.63, 3.8) is 0 Å². The summed E-state index contributed by atoms with van der Waals surface area (Å²) in [6.45, 7) is 16.8. The minimum Gasteiger partial charge on any atom is -0.497 e. The summed E-state index contributed by atoms with van der Waals surface area (Å²) < 4.78 is 7.16. The van der Waals surface area contributed by atoms with Gasteiger partial charge in [0.15, 0.2) is 5.65 Å². The van der Waals surface area contributed by atoms with Gasteiger partial charge in [0.1, 0.15) is 11.6 Å². The van der Waals surface area contributed by atoms with Crippen LogP contribution in [0, 0.1) is 12.8 Å². The Bertz CT molecular complexity index is 1120. The van der Waals surface area contributed by atoms with Gasteiger partial charge in [0.25, 0.3) is 5.91 Å². The van der Waals surface area contributed by atoms with Crippen LogP contribution >= 0.6 is 0 Å². The number of methoxy groups -OCH3 is 1. The Balaban J connectivity index is 1.67. The summed E-state index contributed by atoms with van der Waals surface area (Å²) in [4.78, 5) is 22.8. The highest BCUT2D eigenvalue weighted by Crippen LogP contribution is 2.33. The van der Waals surface area contributed by atoms with Crippen LogP contribution in [0.4, 0.5) is 5.82 Å². The van der Waals surface area contributed by atoms with E-state index in [1.54, 1.807) is 6.08 Å². The van der Waals surface area contributed by atoms with Crippen LogP contribution in [0.1, 0.15) is 56.8 Å². The number of amides is 1. The predicted octanol–water partition coefficient (Wildman–Crippen LogP) is 4.60. The summed E-state index contributed by atoms with van der Waals surface area (Å²) in [6, 6.07) is 1.92. The molecule has 4 heterocycles. The number of likely N-dealkylation sites (tertiary alicyclic amines) is 1. The molecule has 0 radical (unpaired) electrons. The van der Waals surface area contributed by atoms with Gasteiger partial charge in [0.05, 0.1) is 24.4 Å². The van der Waals surface area contributed by atoms with Crippen LogP contribution in [0.3, 0.4) is 0 Å². The number of aryl methyl sites for hydroxylation is 1. The molecule has 0 aromatic carbocycles. The number of nitrogens with zero attached hydrogens (tertiary/aromatic N) is 5. The average molecular weight is 450 g/mol. The highest BCUT2D eigenvalue weighted by molar-refractivity contribution is 5.97. The van der Waals surface area contributed by atoms with E-state index in [4.69, 9.17) is 14.8 Å². The van der Waals surface area contributed by atoms with E-state index in [0.29, 0.717) is 23.8 Å². The second-order valence-corrected chi connectivity index (χ2v) is 9.50. The van der Waals surface area contributed by atoms with Crippen molar-refractivity contribution in [2.75, 3.05) is 31.6 Å². The van der Waals surface area contributed by atoms with E-state index in [1.807, 2.05) is 22.4 Å². The summed E-state index contributed by atoms with van der Waals surface area (Å²) in [5.74, 6) is 1.98. The zero-order valence-corrected chi connectivity index (χ0v) is 20.3. The lowest BCUT2D eigenvalue weighted by molar-refractivity contribution is -0.131. The maximum Gasteiger partial charge on any atom is 0.258 e. The third-order valence-corrected chi connectivity index (χ3v) is 6.62. The van der Waals surface area contributed by atoms with Crippen molar-refractivity contribution in [2.45, 2.75) is 52.5 Å². The van der Waals surface area contributed by atoms with Crippen molar-refractivity contribution in [3.8, 4) is 0 Å². The molecule has 0 N–H and O–H groups in total. The molecule has 2 saturated heterocycles. The molecule has 0 unspecified atom stereocenters. The van der Waals surface area contributed by atoms with Gasteiger partial charge in [-0.05, 0) is 51.5 Å². The van der Waals surface area contributed by atoms with Crippen LogP contribution in [0.2, 0.25) is 0 Å². The minimum atomic E-state index is -0.110. The number of allylic oxidation sites excluding steroid dienone is 2. The highest BCUT2D eigenvalue weighted by atomic mass is 16.5. The van der Waals surface area contributed by atoms with Gasteiger partial charge in [0.2, 0.25) is 0 Å². The van der Waals surface area contributed by atoms with Crippen LogP contribution in [-0.2, 0) is 9.53 Å². The minimum absolute atomic E-state index is 0.0949. The van der Waals surface area contributed by atoms with Gasteiger partial charge < -0.3 is 14.5 Å². The van der Waals surface area contributed by atoms with Crippen LogP contribution in [0.15, 0.2) is 48.4 Å². The van der Waals surface area contributed by atoms with Crippen molar-refractivity contribution in [3.05, 3.63) is 59.7 Å². The molecule has 0 bridgehead atoms. The fourth-order valence-electron chi connectivity index (χ4n) is 4.88. The lowest BCUT2D eigenvalue weighted by Crippen LogP contribution is -2.40. The number of hydrogen-bond acceptors (Lipinski definition) is 5. The number of carbonyl (C=O) groups is 1. The smallest absolute Gasteiger partial charge is 0.258 e. The summed E-state index contributed by atoms with van der Waals surface area (Å²) in [5, 5.41) is 4.85. The first kappa shape index (κ1) is 23.1. The van der Waals surface area contributed by atoms with E-state index in [9.17, 15) is 4.79 Å². The molecule has 2 aliphatic heterocycles. The molecule has 0 spiro atoms. The SMILES string of the molecule is C=C(C)/C=C(\C(=C)OC)C(=O)N1CCCC[C@H]1c1cc2nc(N3CC[C@H](C)C3)c(C)cn2n1. The van der Waals surface area contributed by atoms with Crippen molar-refractivity contribution < 1.29 is 9.53 Å². The molecule has 2 aromatic rings. The topological polar surface area (TPSA) is 63.0 Å². The highest BCUT2D eigenvalue weighted by Gasteiger charge is 2.33. The van der Waals surface area contributed by atoms with Gasteiger partial charge in [-0.25, -0.2) is 9.50 Å². The van der Waals surface area contributed by atoms with E-state index < -0.39 is 0 Å². The number of fused-ring (bicyclic) bond motifs is 1. The summed E-state index contributed by atoms with van der Waals surface area (Å²) in [6.07, 6.45) is 7.88. The fraction of sp³-hybridized carbons (Fsp3) is 0.500. The largest absolute Gasteiger partial charge is 0.497 e. The summed E-state index contributed by atoms with van der Waals surface area (Å²) in [7, 11) is 1.53. The molecule has 0 saturated carbocycles. The molecule has 2 atom stereocenters. The van der Waals surface area contributed by atoms with Crippen LogP contribution < -0.4 is 4.90 Å². The van der Waals surface area contributed by atoms with Gasteiger partial charge in [0, 0.05) is 37.5 Å².